The summed E-state index contributed by atoms with van der Waals surface area (Å²) in [6, 6.07) is -0.522. The van der Waals surface area contributed by atoms with Crippen LogP contribution in [0.5, 0.6) is 0 Å². The Bertz CT molecular complexity index is 190. The van der Waals surface area contributed by atoms with Crippen LogP contribution in [0.2, 0.25) is 0 Å². The van der Waals surface area contributed by atoms with Crippen molar-refractivity contribution in [3.05, 3.63) is 0 Å². The molecule has 0 aromatic heterocycles. The Balaban J connectivity index is 0. The fourth-order valence-electron chi connectivity index (χ4n) is 0.794. The lowest BCUT2D eigenvalue weighted by Crippen LogP contribution is -2.34. The lowest BCUT2D eigenvalue weighted by Gasteiger charge is -2.08. The number of nitrogens with one attached hydrogen (secondary N) is 1. The molecule has 0 heterocycles. The number of carbonyl (C=O) groups is 3. The summed E-state index contributed by atoms with van der Waals surface area (Å²) in [5, 5.41) is 2.43. The zero-order valence-electron chi connectivity index (χ0n) is 9.29. The molecule has 0 aliphatic rings. The number of Topliss-reactive ketones (excluding diaryl/α,β-unsaturated/α-hetero) is 1. The van der Waals surface area contributed by atoms with Crippen molar-refractivity contribution in [3.8, 4) is 0 Å². The molecule has 1 atom stereocenters. The number of rotatable bonds is 5. The summed E-state index contributed by atoms with van der Waals surface area (Å²) in [6.07, 6.45) is 1.35. The summed E-state index contributed by atoms with van der Waals surface area (Å²) in [6.45, 7) is 6.79. The molecule has 0 aromatic carbocycles. The predicted molar refractivity (Wildman–Crippen MR) is 54.9 cm³/mol. The highest BCUT2D eigenvalue weighted by atomic mass is 16.2. The number of hydrogen-bond acceptors (Lipinski definition) is 3. The predicted octanol–water partition coefficient (Wildman–Crippen LogP) is 1.09. The minimum Gasteiger partial charge on any atom is -0.347 e. The molecule has 14 heavy (non-hydrogen) atoms. The van der Waals surface area contributed by atoms with Gasteiger partial charge in [-0.15, -0.1) is 0 Å². The molecule has 0 aliphatic heterocycles. The van der Waals surface area contributed by atoms with Crippen LogP contribution in [0, 0.1) is 0 Å². The van der Waals surface area contributed by atoms with Gasteiger partial charge in [0.15, 0.2) is 0 Å². The van der Waals surface area contributed by atoms with E-state index in [1.807, 2.05) is 13.8 Å². The Morgan fingerprint density at radius 2 is 1.79 bits per heavy atom. The molecule has 4 heteroatoms. The molecule has 1 N–H and O–H groups in total. The minimum atomic E-state index is -0.522. The third-order valence-electron chi connectivity index (χ3n) is 1.36. The van der Waals surface area contributed by atoms with E-state index >= 15 is 0 Å². The number of hydrogen-bond donors (Lipinski definition) is 1. The van der Waals surface area contributed by atoms with E-state index in [2.05, 4.69) is 5.32 Å². The fourth-order valence-corrected chi connectivity index (χ4v) is 0.794. The van der Waals surface area contributed by atoms with Crippen molar-refractivity contribution in [2.45, 2.75) is 46.6 Å². The van der Waals surface area contributed by atoms with Gasteiger partial charge in [-0.2, -0.15) is 0 Å². The van der Waals surface area contributed by atoms with Crippen molar-refractivity contribution in [1.29, 1.82) is 0 Å². The number of ketones is 1. The molecule has 0 saturated heterocycles. The largest absolute Gasteiger partial charge is 0.347 e. The smallest absolute Gasteiger partial charge is 0.217 e. The molecule has 0 bridgehead atoms. The summed E-state index contributed by atoms with van der Waals surface area (Å²) in [7, 11) is 0. The first-order valence-corrected chi connectivity index (χ1v) is 4.78. The minimum absolute atomic E-state index is 0.0206. The van der Waals surface area contributed by atoms with Gasteiger partial charge in [-0.05, 0) is 13.3 Å². The monoisotopic (exact) mass is 201 g/mol. The molecule has 0 saturated carbocycles. The lowest BCUT2D eigenvalue weighted by molar-refractivity contribution is -0.123. The van der Waals surface area contributed by atoms with Crippen LogP contribution in [0.15, 0.2) is 0 Å². The van der Waals surface area contributed by atoms with Gasteiger partial charge in [0.05, 0.1) is 6.04 Å². The first kappa shape index (κ1) is 15.3. The van der Waals surface area contributed by atoms with E-state index in [0.29, 0.717) is 19.1 Å². The maximum Gasteiger partial charge on any atom is 0.217 e. The summed E-state index contributed by atoms with van der Waals surface area (Å²) in [5.74, 6) is -0.233. The van der Waals surface area contributed by atoms with E-state index in [9.17, 15) is 14.4 Å². The summed E-state index contributed by atoms with van der Waals surface area (Å²) >= 11 is 0. The van der Waals surface area contributed by atoms with Crippen molar-refractivity contribution >= 4 is 18.0 Å². The molecule has 82 valence electrons. The second-order valence-electron chi connectivity index (χ2n) is 2.68. The van der Waals surface area contributed by atoms with Gasteiger partial charge in [-0.1, -0.05) is 13.8 Å². The van der Waals surface area contributed by atoms with Crippen LogP contribution in [0.25, 0.3) is 0 Å². The van der Waals surface area contributed by atoms with Gasteiger partial charge >= 0.3 is 0 Å². The molecule has 0 spiro atoms. The van der Waals surface area contributed by atoms with E-state index in [1.165, 1.54) is 13.8 Å². The second-order valence-corrected chi connectivity index (χ2v) is 2.68. The topological polar surface area (TPSA) is 63.2 Å². The quantitative estimate of drug-likeness (QED) is 0.677. The van der Waals surface area contributed by atoms with Crippen LogP contribution >= 0.6 is 0 Å². The molecule has 0 radical (unpaired) electrons. The van der Waals surface area contributed by atoms with Gasteiger partial charge < -0.3 is 14.9 Å². The Morgan fingerprint density at radius 3 is 2.07 bits per heavy atom. The standard InChI is InChI=1S/C8H13NO3.C2H6/c1-6(11)3-4-8(5-10)9-7(2)12;1-2/h5,8H,3-4H2,1-2H3,(H,9,12);1-2H3. The lowest BCUT2D eigenvalue weighted by atomic mass is 10.1. The van der Waals surface area contributed by atoms with E-state index < -0.39 is 6.04 Å². The van der Waals surface area contributed by atoms with Gasteiger partial charge in [-0.25, -0.2) is 0 Å². The first-order valence-electron chi connectivity index (χ1n) is 4.78. The normalized spacial score (nSPS) is 10.6. The summed E-state index contributed by atoms with van der Waals surface area (Å²) < 4.78 is 0. The molecule has 0 rings (SSSR count). The Hall–Kier alpha value is -1.19. The molecule has 1 unspecified atom stereocenters. The number of carbonyl (C=O) groups excluding carboxylic acids is 3. The number of amides is 1. The number of aldehydes is 1. The maximum atomic E-state index is 10.5. The van der Waals surface area contributed by atoms with E-state index in [0.717, 1.165) is 0 Å². The molecule has 0 aliphatic carbocycles. The van der Waals surface area contributed by atoms with Gasteiger partial charge in [0.1, 0.15) is 12.1 Å². The van der Waals surface area contributed by atoms with E-state index in [1.54, 1.807) is 0 Å². The van der Waals surface area contributed by atoms with Crippen LogP contribution in [-0.4, -0.2) is 24.0 Å². The zero-order valence-corrected chi connectivity index (χ0v) is 9.29. The van der Waals surface area contributed by atoms with Crippen molar-refractivity contribution in [2.75, 3.05) is 0 Å². The average Bonchev–Trinajstić information content (AvgIpc) is 2.14. The Morgan fingerprint density at radius 1 is 1.29 bits per heavy atom. The Kier molecular flexibility index (Phi) is 10.8. The van der Waals surface area contributed by atoms with E-state index in [-0.39, 0.29) is 11.7 Å². The van der Waals surface area contributed by atoms with Crippen molar-refractivity contribution in [1.82, 2.24) is 5.32 Å². The molecular formula is C10H19NO3. The van der Waals surface area contributed by atoms with Crippen LogP contribution in [0.3, 0.4) is 0 Å². The van der Waals surface area contributed by atoms with Crippen LogP contribution < -0.4 is 5.32 Å². The van der Waals surface area contributed by atoms with E-state index in [4.69, 9.17) is 0 Å². The summed E-state index contributed by atoms with van der Waals surface area (Å²) in [5.41, 5.74) is 0. The second kappa shape index (κ2) is 9.89. The molecule has 0 fully saturated rings. The molecular weight excluding hydrogens is 182 g/mol. The van der Waals surface area contributed by atoms with Crippen molar-refractivity contribution < 1.29 is 14.4 Å². The Labute approximate surface area is 85.1 Å². The van der Waals surface area contributed by atoms with Gasteiger partial charge in [0.25, 0.3) is 0 Å². The molecule has 4 nitrogen and oxygen atoms in total. The SMILES string of the molecule is CC.CC(=O)CCC(C=O)NC(C)=O. The molecule has 0 aromatic rings. The molecule has 1 amide bonds. The fraction of sp³-hybridized carbons (Fsp3) is 0.700. The third-order valence-corrected chi connectivity index (χ3v) is 1.36. The van der Waals surface area contributed by atoms with Crippen LogP contribution in [0.4, 0.5) is 0 Å². The maximum absolute atomic E-state index is 10.5. The van der Waals surface area contributed by atoms with Crippen LogP contribution in [-0.2, 0) is 14.4 Å². The first-order chi connectivity index (χ1) is 6.56. The highest BCUT2D eigenvalue weighted by molar-refractivity contribution is 5.79. The van der Waals surface area contributed by atoms with Crippen molar-refractivity contribution in [2.24, 2.45) is 0 Å². The highest BCUT2D eigenvalue weighted by Gasteiger charge is 2.08. The summed E-state index contributed by atoms with van der Waals surface area (Å²) in [4.78, 5) is 31.4. The van der Waals surface area contributed by atoms with Crippen molar-refractivity contribution in [3.63, 3.8) is 0 Å². The third kappa shape index (κ3) is 10.8. The van der Waals surface area contributed by atoms with Gasteiger partial charge in [0.2, 0.25) is 5.91 Å². The van der Waals surface area contributed by atoms with Gasteiger partial charge in [0, 0.05) is 13.3 Å². The van der Waals surface area contributed by atoms with Gasteiger partial charge in [-0.3, -0.25) is 4.79 Å². The zero-order chi connectivity index (χ0) is 11.6. The average molecular weight is 201 g/mol. The highest BCUT2D eigenvalue weighted by Crippen LogP contribution is 1.95. The van der Waals surface area contributed by atoms with Crippen LogP contribution in [0.1, 0.15) is 40.5 Å².